The van der Waals surface area contributed by atoms with Crippen LogP contribution in [0.5, 0.6) is 5.75 Å². The molecule has 1 aromatic carbocycles. The molecule has 20 heavy (non-hydrogen) atoms. The van der Waals surface area contributed by atoms with E-state index >= 15 is 0 Å². The summed E-state index contributed by atoms with van der Waals surface area (Å²) in [6, 6.07) is 11.5. The monoisotopic (exact) mass is 274 g/mol. The van der Waals surface area contributed by atoms with E-state index in [2.05, 4.69) is 6.92 Å². The van der Waals surface area contributed by atoms with Crippen LogP contribution in [0.1, 0.15) is 30.6 Å². The quantitative estimate of drug-likeness (QED) is 0.855. The van der Waals surface area contributed by atoms with E-state index in [1.54, 1.807) is 13.4 Å². The van der Waals surface area contributed by atoms with E-state index in [1.807, 2.05) is 36.4 Å². The molecule has 1 saturated heterocycles. The Labute approximate surface area is 118 Å². The second-order valence-electron chi connectivity index (χ2n) is 4.99. The van der Waals surface area contributed by atoms with Crippen molar-refractivity contribution in [2.24, 2.45) is 5.92 Å². The number of furan rings is 1. The number of methoxy groups -OCH3 is 1. The molecule has 0 radical (unpaired) electrons. The minimum atomic E-state index is -0.368. The van der Waals surface area contributed by atoms with Crippen LogP contribution >= 0.6 is 0 Å². The Balaban J connectivity index is 1.77. The van der Waals surface area contributed by atoms with Crippen LogP contribution < -0.4 is 4.74 Å². The summed E-state index contributed by atoms with van der Waals surface area (Å²) in [7, 11) is 1.65. The number of hydrogen-bond donors (Lipinski definition) is 0. The van der Waals surface area contributed by atoms with Gasteiger partial charge in [-0.1, -0.05) is 19.1 Å². The highest BCUT2D eigenvalue weighted by molar-refractivity contribution is 5.28. The van der Waals surface area contributed by atoms with Crippen LogP contribution in [0.2, 0.25) is 0 Å². The van der Waals surface area contributed by atoms with Crippen LogP contribution in [-0.2, 0) is 9.47 Å². The molecule has 0 aliphatic carbocycles. The van der Waals surface area contributed by atoms with Crippen LogP contribution in [0.15, 0.2) is 47.1 Å². The molecule has 2 heterocycles. The van der Waals surface area contributed by atoms with E-state index in [0.717, 1.165) is 17.1 Å². The highest BCUT2D eigenvalue weighted by Gasteiger charge is 2.32. The summed E-state index contributed by atoms with van der Waals surface area (Å²) >= 11 is 0. The molecule has 3 atom stereocenters. The lowest BCUT2D eigenvalue weighted by atomic mass is 10.0. The molecule has 0 amide bonds. The summed E-state index contributed by atoms with van der Waals surface area (Å²) in [4.78, 5) is 0. The Morgan fingerprint density at radius 1 is 1.15 bits per heavy atom. The highest BCUT2D eigenvalue weighted by Crippen LogP contribution is 2.38. The van der Waals surface area contributed by atoms with Gasteiger partial charge in [0.25, 0.3) is 0 Å². The zero-order chi connectivity index (χ0) is 13.9. The average Bonchev–Trinajstić information content (AvgIpc) is 3.02. The van der Waals surface area contributed by atoms with Gasteiger partial charge in [0.15, 0.2) is 6.29 Å². The second kappa shape index (κ2) is 5.69. The molecule has 0 saturated carbocycles. The second-order valence-corrected chi connectivity index (χ2v) is 4.99. The Hall–Kier alpha value is -1.78. The molecule has 1 aromatic heterocycles. The van der Waals surface area contributed by atoms with Crippen molar-refractivity contribution < 1.29 is 18.6 Å². The SMILES string of the molecule is COc1ccc(C2OC[C@@H](C)[C@H](c3ccco3)O2)cc1. The summed E-state index contributed by atoms with van der Waals surface area (Å²) in [6.07, 6.45) is 1.22. The van der Waals surface area contributed by atoms with Gasteiger partial charge in [-0.3, -0.25) is 0 Å². The maximum Gasteiger partial charge on any atom is 0.184 e. The maximum atomic E-state index is 6.05. The first-order chi connectivity index (χ1) is 9.78. The fraction of sp³-hybridized carbons (Fsp3) is 0.375. The molecular weight excluding hydrogens is 256 g/mol. The van der Waals surface area contributed by atoms with E-state index in [0.29, 0.717) is 6.61 Å². The number of hydrogen-bond acceptors (Lipinski definition) is 4. The lowest BCUT2D eigenvalue weighted by molar-refractivity contribution is -0.245. The largest absolute Gasteiger partial charge is 0.497 e. The molecule has 1 unspecified atom stereocenters. The predicted molar refractivity (Wildman–Crippen MR) is 73.4 cm³/mol. The van der Waals surface area contributed by atoms with E-state index in [1.165, 1.54) is 0 Å². The molecule has 3 rings (SSSR count). The van der Waals surface area contributed by atoms with Crippen molar-refractivity contribution in [3.8, 4) is 5.75 Å². The van der Waals surface area contributed by atoms with Gasteiger partial charge in [0, 0.05) is 11.5 Å². The zero-order valence-electron chi connectivity index (χ0n) is 11.6. The predicted octanol–water partition coefficient (Wildman–Crippen LogP) is 3.71. The van der Waals surface area contributed by atoms with Gasteiger partial charge in [0.2, 0.25) is 0 Å². The van der Waals surface area contributed by atoms with Crippen molar-refractivity contribution in [1.29, 1.82) is 0 Å². The lowest BCUT2D eigenvalue weighted by Crippen LogP contribution is -2.28. The van der Waals surface area contributed by atoms with Crippen molar-refractivity contribution in [2.75, 3.05) is 13.7 Å². The number of benzene rings is 1. The van der Waals surface area contributed by atoms with Gasteiger partial charge >= 0.3 is 0 Å². The van der Waals surface area contributed by atoms with E-state index in [-0.39, 0.29) is 18.3 Å². The molecule has 0 N–H and O–H groups in total. The molecule has 1 aliphatic heterocycles. The van der Waals surface area contributed by atoms with Gasteiger partial charge in [-0.2, -0.15) is 0 Å². The Morgan fingerprint density at radius 3 is 2.60 bits per heavy atom. The third-order valence-electron chi connectivity index (χ3n) is 3.51. The summed E-state index contributed by atoms with van der Waals surface area (Å²) in [5.41, 5.74) is 0.981. The summed E-state index contributed by atoms with van der Waals surface area (Å²) in [6.45, 7) is 2.74. The Kier molecular flexibility index (Phi) is 3.76. The van der Waals surface area contributed by atoms with E-state index < -0.39 is 0 Å². The van der Waals surface area contributed by atoms with Crippen LogP contribution in [0.25, 0.3) is 0 Å². The molecule has 106 valence electrons. The van der Waals surface area contributed by atoms with Crippen molar-refractivity contribution in [3.05, 3.63) is 54.0 Å². The Bertz CT molecular complexity index is 532. The molecule has 1 aliphatic rings. The van der Waals surface area contributed by atoms with Crippen molar-refractivity contribution in [3.63, 3.8) is 0 Å². The van der Waals surface area contributed by atoms with Crippen LogP contribution in [-0.4, -0.2) is 13.7 Å². The van der Waals surface area contributed by atoms with Crippen molar-refractivity contribution >= 4 is 0 Å². The fourth-order valence-corrected chi connectivity index (χ4v) is 2.37. The van der Waals surface area contributed by atoms with E-state index in [4.69, 9.17) is 18.6 Å². The van der Waals surface area contributed by atoms with Crippen LogP contribution in [0, 0.1) is 5.92 Å². The smallest absolute Gasteiger partial charge is 0.184 e. The first-order valence-electron chi connectivity index (χ1n) is 6.72. The van der Waals surface area contributed by atoms with Gasteiger partial charge in [0.1, 0.15) is 17.6 Å². The van der Waals surface area contributed by atoms with Gasteiger partial charge < -0.3 is 18.6 Å². The zero-order valence-corrected chi connectivity index (χ0v) is 11.6. The third-order valence-corrected chi connectivity index (χ3v) is 3.51. The van der Waals surface area contributed by atoms with Gasteiger partial charge in [-0.15, -0.1) is 0 Å². The van der Waals surface area contributed by atoms with Crippen molar-refractivity contribution in [2.45, 2.75) is 19.3 Å². The maximum absolute atomic E-state index is 6.05. The molecule has 0 bridgehead atoms. The molecular formula is C16H18O4. The third kappa shape index (κ3) is 2.57. The van der Waals surface area contributed by atoms with Crippen molar-refractivity contribution in [1.82, 2.24) is 0 Å². The molecule has 1 fully saturated rings. The van der Waals surface area contributed by atoms with Crippen LogP contribution in [0.3, 0.4) is 0 Å². The first kappa shape index (κ1) is 13.2. The van der Waals surface area contributed by atoms with E-state index in [9.17, 15) is 0 Å². The lowest BCUT2D eigenvalue weighted by Gasteiger charge is -2.34. The molecule has 4 nitrogen and oxygen atoms in total. The first-order valence-corrected chi connectivity index (χ1v) is 6.72. The minimum absolute atomic E-state index is 0.0779. The van der Waals surface area contributed by atoms with Gasteiger partial charge in [0.05, 0.1) is 20.0 Å². The molecule has 4 heteroatoms. The van der Waals surface area contributed by atoms with Crippen LogP contribution in [0.4, 0.5) is 0 Å². The Morgan fingerprint density at radius 2 is 1.95 bits per heavy atom. The normalized spacial score (nSPS) is 26.4. The topological polar surface area (TPSA) is 40.8 Å². The van der Waals surface area contributed by atoms with Gasteiger partial charge in [-0.25, -0.2) is 0 Å². The molecule has 2 aromatic rings. The highest BCUT2D eigenvalue weighted by atomic mass is 16.7. The summed E-state index contributed by atoms with van der Waals surface area (Å²) < 4.78 is 22.4. The fourth-order valence-electron chi connectivity index (χ4n) is 2.37. The minimum Gasteiger partial charge on any atom is -0.497 e. The average molecular weight is 274 g/mol. The number of ether oxygens (including phenoxy) is 3. The standard InChI is InChI=1S/C16H18O4/c1-11-10-19-16(12-5-7-13(17-2)8-6-12)20-15(11)14-4-3-9-18-14/h3-9,11,15-16H,10H2,1-2H3/t11-,15-,16?/m1/s1. The number of rotatable bonds is 3. The summed E-state index contributed by atoms with van der Waals surface area (Å²) in [5, 5.41) is 0. The summed E-state index contributed by atoms with van der Waals surface area (Å²) in [5.74, 6) is 1.93. The molecule has 0 spiro atoms. The van der Waals surface area contributed by atoms with Gasteiger partial charge in [-0.05, 0) is 24.3 Å².